The molecular weight excluding hydrogens is 172 g/mol. The third-order valence-electron chi connectivity index (χ3n) is 4.12. The number of rotatable bonds is 2. The van der Waals surface area contributed by atoms with E-state index in [2.05, 4.69) is 22.4 Å². The summed E-state index contributed by atoms with van der Waals surface area (Å²) >= 11 is 0. The van der Waals surface area contributed by atoms with Gasteiger partial charge in [0.05, 0.1) is 0 Å². The molecule has 3 atom stereocenters. The molecule has 0 aromatic rings. The lowest BCUT2D eigenvalue weighted by molar-refractivity contribution is 0.193. The maximum Gasteiger partial charge on any atom is 0.0107 e. The van der Waals surface area contributed by atoms with Crippen molar-refractivity contribution in [2.24, 2.45) is 17.8 Å². The predicted molar refractivity (Wildman–Crippen MR) is 58.2 cm³/mol. The second-order valence-electron chi connectivity index (χ2n) is 5.09. The molecule has 0 amide bonds. The van der Waals surface area contributed by atoms with E-state index >= 15 is 0 Å². The lowest BCUT2D eigenvalue weighted by Crippen LogP contribution is -2.45. The molecule has 1 N–H and O–H groups in total. The van der Waals surface area contributed by atoms with Crippen LogP contribution in [0.15, 0.2) is 12.2 Å². The first-order valence-corrected chi connectivity index (χ1v) is 6.03. The Bertz CT molecular complexity index is 230. The summed E-state index contributed by atoms with van der Waals surface area (Å²) in [6.07, 6.45) is 7.84. The molecule has 3 rings (SSSR count). The zero-order chi connectivity index (χ0) is 9.38. The van der Waals surface area contributed by atoms with E-state index in [9.17, 15) is 0 Å². The van der Waals surface area contributed by atoms with Crippen molar-refractivity contribution in [1.29, 1.82) is 0 Å². The van der Waals surface area contributed by atoms with Gasteiger partial charge in [-0.05, 0) is 30.6 Å². The Balaban J connectivity index is 1.54. The first kappa shape index (κ1) is 8.93. The molecule has 1 saturated heterocycles. The van der Waals surface area contributed by atoms with E-state index in [1.165, 1.54) is 45.6 Å². The van der Waals surface area contributed by atoms with Gasteiger partial charge in [-0.15, -0.1) is 0 Å². The molecule has 2 heteroatoms. The minimum Gasteiger partial charge on any atom is -0.314 e. The fourth-order valence-electron chi connectivity index (χ4n) is 3.33. The second kappa shape index (κ2) is 3.67. The Hall–Kier alpha value is -0.340. The van der Waals surface area contributed by atoms with Gasteiger partial charge in [-0.2, -0.15) is 0 Å². The molecule has 2 bridgehead atoms. The fourth-order valence-corrected chi connectivity index (χ4v) is 3.33. The number of hydrogen-bond donors (Lipinski definition) is 1. The average molecular weight is 192 g/mol. The van der Waals surface area contributed by atoms with Crippen LogP contribution < -0.4 is 5.32 Å². The Morgan fingerprint density at radius 2 is 2.00 bits per heavy atom. The third-order valence-corrected chi connectivity index (χ3v) is 4.12. The van der Waals surface area contributed by atoms with Crippen LogP contribution in [-0.2, 0) is 0 Å². The van der Waals surface area contributed by atoms with E-state index in [0.717, 1.165) is 17.8 Å². The summed E-state index contributed by atoms with van der Waals surface area (Å²) in [5.74, 6) is 2.84. The van der Waals surface area contributed by atoms with Crippen molar-refractivity contribution in [3.8, 4) is 0 Å². The number of nitrogens with zero attached hydrogens (tertiary/aromatic N) is 1. The van der Waals surface area contributed by atoms with Crippen LogP contribution in [0, 0.1) is 17.8 Å². The molecule has 1 saturated carbocycles. The van der Waals surface area contributed by atoms with Crippen molar-refractivity contribution < 1.29 is 0 Å². The van der Waals surface area contributed by atoms with E-state index in [-0.39, 0.29) is 0 Å². The fraction of sp³-hybridized carbons (Fsp3) is 0.833. The van der Waals surface area contributed by atoms with Gasteiger partial charge in [0.1, 0.15) is 0 Å². The molecule has 14 heavy (non-hydrogen) atoms. The molecule has 2 fully saturated rings. The highest BCUT2D eigenvalue weighted by Gasteiger charge is 2.36. The van der Waals surface area contributed by atoms with Gasteiger partial charge in [0, 0.05) is 32.7 Å². The predicted octanol–water partition coefficient (Wildman–Crippen LogP) is 1.10. The van der Waals surface area contributed by atoms with Gasteiger partial charge in [-0.25, -0.2) is 0 Å². The largest absolute Gasteiger partial charge is 0.314 e. The van der Waals surface area contributed by atoms with Gasteiger partial charge in [0.15, 0.2) is 0 Å². The Morgan fingerprint density at radius 3 is 2.64 bits per heavy atom. The van der Waals surface area contributed by atoms with Crippen LogP contribution >= 0.6 is 0 Å². The number of fused-ring (bicyclic) bond motifs is 2. The first-order valence-electron chi connectivity index (χ1n) is 6.03. The Kier molecular flexibility index (Phi) is 2.34. The summed E-state index contributed by atoms with van der Waals surface area (Å²) in [4.78, 5) is 2.65. The highest BCUT2D eigenvalue weighted by molar-refractivity contribution is 5.10. The molecule has 0 radical (unpaired) electrons. The molecule has 3 aliphatic rings. The SMILES string of the molecule is C1=CC2CC1CC2CN1CCNCC1. The van der Waals surface area contributed by atoms with Crippen LogP contribution in [0.5, 0.6) is 0 Å². The molecule has 3 unspecified atom stereocenters. The molecule has 1 aliphatic heterocycles. The van der Waals surface area contributed by atoms with Crippen LogP contribution in [0.25, 0.3) is 0 Å². The van der Waals surface area contributed by atoms with Crippen LogP contribution in [0.2, 0.25) is 0 Å². The highest BCUT2D eigenvalue weighted by Crippen LogP contribution is 2.43. The summed E-state index contributed by atoms with van der Waals surface area (Å²) in [5, 5.41) is 3.42. The topological polar surface area (TPSA) is 15.3 Å². The summed E-state index contributed by atoms with van der Waals surface area (Å²) in [7, 11) is 0. The lowest BCUT2D eigenvalue weighted by Gasteiger charge is -2.31. The van der Waals surface area contributed by atoms with Crippen molar-refractivity contribution in [3.05, 3.63) is 12.2 Å². The Morgan fingerprint density at radius 1 is 1.14 bits per heavy atom. The van der Waals surface area contributed by atoms with Gasteiger partial charge in [0.25, 0.3) is 0 Å². The van der Waals surface area contributed by atoms with Crippen LogP contribution in [0.4, 0.5) is 0 Å². The summed E-state index contributed by atoms with van der Waals surface area (Å²) in [5.41, 5.74) is 0. The van der Waals surface area contributed by atoms with E-state index in [4.69, 9.17) is 0 Å². The van der Waals surface area contributed by atoms with Crippen LogP contribution in [-0.4, -0.2) is 37.6 Å². The molecule has 2 aliphatic carbocycles. The van der Waals surface area contributed by atoms with Crippen LogP contribution in [0.3, 0.4) is 0 Å². The van der Waals surface area contributed by atoms with E-state index < -0.39 is 0 Å². The molecule has 1 heterocycles. The third kappa shape index (κ3) is 1.61. The van der Waals surface area contributed by atoms with Crippen molar-refractivity contribution in [2.45, 2.75) is 12.8 Å². The van der Waals surface area contributed by atoms with Crippen molar-refractivity contribution in [1.82, 2.24) is 10.2 Å². The lowest BCUT2D eigenvalue weighted by atomic mass is 9.93. The first-order chi connectivity index (χ1) is 6.92. The summed E-state index contributed by atoms with van der Waals surface area (Å²) in [6, 6.07) is 0. The maximum atomic E-state index is 3.42. The quantitative estimate of drug-likeness (QED) is 0.659. The molecular formula is C12H20N2. The molecule has 2 nitrogen and oxygen atoms in total. The number of allylic oxidation sites excluding steroid dienone is 2. The standard InChI is InChI=1S/C12H20N2/c1-2-11-7-10(1)8-12(11)9-14-5-3-13-4-6-14/h1-2,10-13H,3-9H2. The van der Waals surface area contributed by atoms with Gasteiger partial charge in [0.2, 0.25) is 0 Å². The molecule has 0 aromatic carbocycles. The molecule has 78 valence electrons. The van der Waals surface area contributed by atoms with E-state index in [1.54, 1.807) is 0 Å². The average Bonchev–Trinajstić information content (AvgIpc) is 2.81. The molecule has 0 spiro atoms. The van der Waals surface area contributed by atoms with Crippen molar-refractivity contribution >= 4 is 0 Å². The van der Waals surface area contributed by atoms with Crippen molar-refractivity contribution in [2.75, 3.05) is 32.7 Å². The van der Waals surface area contributed by atoms with Crippen LogP contribution in [0.1, 0.15) is 12.8 Å². The smallest absolute Gasteiger partial charge is 0.0107 e. The number of nitrogens with one attached hydrogen (secondary N) is 1. The summed E-state index contributed by atoms with van der Waals surface area (Å²) < 4.78 is 0. The number of piperazine rings is 1. The number of hydrogen-bond acceptors (Lipinski definition) is 2. The Labute approximate surface area is 86.4 Å². The maximum absolute atomic E-state index is 3.42. The normalized spacial score (nSPS) is 42.1. The minimum absolute atomic E-state index is 0.926. The van der Waals surface area contributed by atoms with Crippen molar-refractivity contribution in [3.63, 3.8) is 0 Å². The zero-order valence-corrected chi connectivity index (χ0v) is 8.78. The monoisotopic (exact) mass is 192 g/mol. The minimum atomic E-state index is 0.926. The van der Waals surface area contributed by atoms with Gasteiger partial charge < -0.3 is 10.2 Å². The highest BCUT2D eigenvalue weighted by atomic mass is 15.2. The summed E-state index contributed by atoms with van der Waals surface area (Å²) in [6.45, 7) is 6.26. The second-order valence-corrected chi connectivity index (χ2v) is 5.09. The molecule has 0 aromatic heterocycles. The zero-order valence-electron chi connectivity index (χ0n) is 8.78. The van der Waals surface area contributed by atoms with Gasteiger partial charge in [-0.1, -0.05) is 12.2 Å². The van der Waals surface area contributed by atoms with E-state index in [1.807, 2.05) is 0 Å². The van der Waals surface area contributed by atoms with Gasteiger partial charge >= 0.3 is 0 Å². The van der Waals surface area contributed by atoms with E-state index in [0.29, 0.717) is 0 Å². The van der Waals surface area contributed by atoms with Gasteiger partial charge in [-0.3, -0.25) is 0 Å².